The van der Waals surface area contributed by atoms with E-state index in [1.54, 1.807) is 14.0 Å². The van der Waals surface area contributed by atoms with Crippen molar-refractivity contribution in [1.82, 2.24) is 10.2 Å². The van der Waals surface area contributed by atoms with Crippen LogP contribution in [0.2, 0.25) is 0 Å². The van der Waals surface area contributed by atoms with E-state index in [4.69, 9.17) is 9.84 Å². The topological polar surface area (TPSA) is 78.9 Å². The number of carboxylic acids is 1. The fraction of sp³-hybridized carbons (Fsp3) is 0.846. The molecule has 6 heteroatoms. The Morgan fingerprint density at radius 1 is 1.53 bits per heavy atom. The third kappa shape index (κ3) is 4.70. The molecular weight excluding hydrogens is 248 g/mol. The molecule has 19 heavy (non-hydrogen) atoms. The third-order valence-corrected chi connectivity index (χ3v) is 3.48. The minimum atomic E-state index is -0.897. The summed E-state index contributed by atoms with van der Waals surface area (Å²) in [5.74, 6) is -1.47. The highest BCUT2D eigenvalue weighted by molar-refractivity contribution is 5.76. The second kappa shape index (κ2) is 7.33. The lowest BCUT2D eigenvalue weighted by Gasteiger charge is -2.27. The van der Waals surface area contributed by atoms with Crippen LogP contribution in [-0.4, -0.2) is 54.4 Å². The summed E-state index contributed by atoms with van der Waals surface area (Å²) in [5, 5.41) is 11.8. The normalized spacial score (nSPS) is 21.7. The van der Waals surface area contributed by atoms with Gasteiger partial charge in [0.1, 0.15) is 0 Å². The number of nitrogens with zero attached hydrogens (tertiary/aromatic N) is 1. The van der Waals surface area contributed by atoms with Crippen molar-refractivity contribution in [3.8, 4) is 0 Å². The summed E-state index contributed by atoms with van der Waals surface area (Å²) in [7, 11) is 1.61. The quantitative estimate of drug-likeness (QED) is 0.764. The van der Waals surface area contributed by atoms with Gasteiger partial charge in [0.25, 0.3) is 0 Å². The number of carboxylic acid groups (broad SMARTS) is 1. The van der Waals surface area contributed by atoms with Crippen molar-refractivity contribution in [2.75, 3.05) is 20.2 Å². The monoisotopic (exact) mass is 272 g/mol. The van der Waals surface area contributed by atoms with Gasteiger partial charge in [-0.15, -0.1) is 0 Å². The van der Waals surface area contributed by atoms with Crippen molar-refractivity contribution in [1.29, 1.82) is 0 Å². The van der Waals surface area contributed by atoms with E-state index in [2.05, 4.69) is 5.32 Å². The van der Waals surface area contributed by atoms with Crippen molar-refractivity contribution in [2.45, 2.75) is 45.3 Å². The zero-order chi connectivity index (χ0) is 14.4. The summed E-state index contributed by atoms with van der Waals surface area (Å²) in [4.78, 5) is 24.2. The van der Waals surface area contributed by atoms with Gasteiger partial charge < -0.3 is 20.1 Å². The molecule has 0 spiro atoms. The fourth-order valence-corrected chi connectivity index (χ4v) is 2.22. The number of amides is 2. The first-order valence-electron chi connectivity index (χ1n) is 6.81. The zero-order valence-electron chi connectivity index (χ0n) is 11.9. The summed E-state index contributed by atoms with van der Waals surface area (Å²) in [6, 6.07) is -0.243. The second-order valence-corrected chi connectivity index (χ2v) is 5.14. The van der Waals surface area contributed by atoms with Crippen LogP contribution in [0.1, 0.15) is 33.1 Å². The van der Waals surface area contributed by atoms with Crippen LogP contribution < -0.4 is 5.32 Å². The largest absolute Gasteiger partial charge is 0.481 e. The van der Waals surface area contributed by atoms with E-state index in [1.165, 1.54) is 4.90 Å². The molecule has 1 aliphatic rings. The van der Waals surface area contributed by atoms with Crippen molar-refractivity contribution < 1.29 is 19.4 Å². The molecule has 2 amide bonds. The van der Waals surface area contributed by atoms with E-state index in [1.807, 2.05) is 6.92 Å². The van der Waals surface area contributed by atoms with E-state index in [0.717, 1.165) is 25.9 Å². The minimum Gasteiger partial charge on any atom is -0.481 e. The van der Waals surface area contributed by atoms with Gasteiger partial charge in [0.05, 0.1) is 18.1 Å². The van der Waals surface area contributed by atoms with Crippen molar-refractivity contribution in [2.24, 2.45) is 5.92 Å². The van der Waals surface area contributed by atoms with E-state index < -0.39 is 11.9 Å². The molecule has 0 bridgehead atoms. The Morgan fingerprint density at radius 3 is 2.68 bits per heavy atom. The first-order valence-corrected chi connectivity index (χ1v) is 6.81. The average molecular weight is 272 g/mol. The number of urea groups is 1. The maximum Gasteiger partial charge on any atom is 0.317 e. The van der Waals surface area contributed by atoms with Crippen molar-refractivity contribution >= 4 is 12.0 Å². The molecule has 3 unspecified atom stereocenters. The molecule has 1 heterocycles. The smallest absolute Gasteiger partial charge is 0.317 e. The highest BCUT2D eigenvalue weighted by Crippen LogP contribution is 2.17. The minimum absolute atomic E-state index is 0.00224. The SMILES string of the molecule is CCC(NC(=O)N(C)CC(C)C(=O)O)C1CCCO1. The standard InChI is InChI=1S/C13H24N2O4/c1-4-10(11-6-5-7-19-11)14-13(18)15(3)8-9(2)12(16)17/h9-11H,4-8H2,1-3H3,(H,14,18)(H,16,17). The summed E-state index contributed by atoms with van der Waals surface area (Å²) in [6.45, 7) is 4.54. The summed E-state index contributed by atoms with van der Waals surface area (Å²) in [6.07, 6.45) is 2.88. The Bertz CT molecular complexity index is 316. The van der Waals surface area contributed by atoms with Crippen molar-refractivity contribution in [3.63, 3.8) is 0 Å². The van der Waals surface area contributed by atoms with E-state index in [-0.39, 0.29) is 24.7 Å². The third-order valence-electron chi connectivity index (χ3n) is 3.48. The van der Waals surface area contributed by atoms with E-state index in [9.17, 15) is 9.59 Å². The van der Waals surface area contributed by atoms with Crippen LogP contribution in [0, 0.1) is 5.92 Å². The summed E-state index contributed by atoms with van der Waals surface area (Å²) >= 11 is 0. The molecule has 3 atom stereocenters. The van der Waals surface area contributed by atoms with Crippen LogP contribution in [0.15, 0.2) is 0 Å². The van der Waals surface area contributed by atoms with Gasteiger partial charge in [-0.25, -0.2) is 4.79 Å². The zero-order valence-corrected chi connectivity index (χ0v) is 11.9. The summed E-state index contributed by atoms with van der Waals surface area (Å²) in [5.41, 5.74) is 0. The molecule has 0 aromatic rings. The lowest BCUT2D eigenvalue weighted by atomic mass is 10.1. The van der Waals surface area contributed by atoms with Gasteiger partial charge in [0.15, 0.2) is 0 Å². The number of rotatable bonds is 6. The number of nitrogens with one attached hydrogen (secondary N) is 1. The lowest BCUT2D eigenvalue weighted by molar-refractivity contribution is -0.141. The van der Waals surface area contributed by atoms with Gasteiger partial charge in [-0.05, 0) is 19.3 Å². The maximum absolute atomic E-state index is 12.0. The second-order valence-electron chi connectivity index (χ2n) is 5.14. The lowest BCUT2D eigenvalue weighted by Crippen LogP contribution is -2.49. The van der Waals surface area contributed by atoms with Crippen LogP contribution in [0.5, 0.6) is 0 Å². The number of ether oxygens (including phenoxy) is 1. The van der Waals surface area contributed by atoms with Gasteiger partial charge in [0, 0.05) is 20.2 Å². The Kier molecular flexibility index (Phi) is 6.08. The summed E-state index contributed by atoms with van der Waals surface area (Å²) < 4.78 is 5.58. The van der Waals surface area contributed by atoms with Crippen LogP contribution in [0.3, 0.4) is 0 Å². The molecule has 0 aromatic carbocycles. The Labute approximate surface area is 114 Å². The van der Waals surface area contributed by atoms with Gasteiger partial charge in [0.2, 0.25) is 0 Å². The molecule has 1 rings (SSSR count). The van der Waals surface area contributed by atoms with E-state index >= 15 is 0 Å². The Balaban J connectivity index is 2.45. The molecule has 1 saturated heterocycles. The number of aliphatic carboxylic acids is 1. The first-order chi connectivity index (χ1) is 8.95. The predicted octanol–water partition coefficient (Wildman–Crippen LogP) is 1.31. The Morgan fingerprint density at radius 2 is 2.21 bits per heavy atom. The molecular formula is C13H24N2O4. The van der Waals surface area contributed by atoms with Crippen LogP contribution in [0.4, 0.5) is 4.79 Å². The van der Waals surface area contributed by atoms with Gasteiger partial charge in [-0.2, -0.15) is 0 Å². The Hall–Kier alpha value is -1.30. The highest BCUT2D eigenvalue weighted by atomic mass is 16.5. The molecule has 0 saturated carbocycles. The number of hydrogen-bond acceptors (Lipinski definition) is 3. The van der Waals surface area contributed by atoms with Gasteiger partial charge >= 0.3 is 12.0 Å². The van der Waals surface area contributed by atoms with Crippen molar-refractivity contribution in [3.05, 3.63) is 0 Å². The van der Waals surface area contributed by atoms with E-state index in [0.29, 0.717) is 0 Å². The molecule has 1 aliphatic heterocycles. The average Bonchev–Trinajstić information content (AvgIpc) is 2.88. The molecule has 1 fully saturated rings. The van der Waals surface area contributed by atoms with Gasteiger partial charge in [-0.1, -0.05) is 13.8 Å². The number of carbonyl (C=O) groups is 2. The molecule has 2 N–H and O–H groups in total. The number of hydrogen-bond donors (Lipinski definition) is 2. The highest BCUT2D eigenvalue weighted by Gasteiger charge is 2.27. The first kappa shape index (κ1) is 15.8. The predicted molar refractivity (Wildman–Crippen MR) is 71.0 cm³/mol. The molecule has 110 valence electrons. The molecule has 0 aromatic heterocycles. The molecule has 6 nitrogen and oxygen atoms in total. The number of carbonyl (C=O) groups excluding carboxylic acids is 1. The van der Waals surface area contributed by atoms with Gasteiger partial charge in [-0.3, -0.25) is 4.79 Å². The maximum atomic E-state index is 12.0. The fourth-order valence-electron chi connectivity index (χ4n) is 2.22. The van der Waals surface area contributed by atoms with Crippen LogP contribution >= 0.6 is 0 Å². The van der Waals surface area contributed by atoms with Crippen LogP contribution in [0.25, 0.3) is 0 Å². The van der Waals surface area contributed by atoms with Crippen LogP contribution in [-0.2, 0) is 9.53 Å². The molecule has 0 radical (unpaired) electrons. The molecule has 0 aliphatic carbocycles.